The van der Waals surface area contributed by atoms with Gasteiger partial charge >= 0.3 is 12.0 Å². The molecule has 0 aliphatic heterocycles. The maximum absolute atomic E-state index is 12.6. The first kappa shape index (κ1) is 22.4. The van der Waals surface area contributed by atoms with Crippen LogP contribution in [-0.2, 0) is 11.2 Å². The first-order chi connectivity index (χ1) is 13.7. The van der Waals surface area contributed by atoms with Gasteiger partial charge in [0.2, 0.25) is 0 Å². The van der Waals surface area contributed by atoms with Crippen LogP contribution in [0.15, 0.2) is 36.4 Å². The fourth-order valence-corrected chi connectivity index (χ4v) is 3.18. The van der Waals surface area contributed by atoms with E-state index in [9.17, 15) is 9.59 Å². The Morgan fingerprint density at radius 3 is 2.21 bits per heavy atom. The van der Waals surface area contributed by atoms with Gasteiger partial charge < -0.3 is 15.4 Å². The molecule has 0 saturated carbocycles. The number of nitrogens with one attached hydrogen (secondary N) is 2. The van der Waals surface area contributed by atoms with Crippen LogP contribution in [0.25, 0.3) is 0 Å². The van der Waals surface area contributed by atoms with E-state index in [0.29, 0.717) is 17.3 Å². The van der Waals surface area contributed by atoms with E-state index in [-0.39, 0.29) is 23.7 Å². The Bertz CT molecular complexity index is 845. The number of esters is 1. The molecular formula is C23H31N3O3. The van der Waals surface area contributed by atoms with Crippen molar-refractivity contribution in [3.8, 4) is 0 Å². The second-order valence-electron chi connectivity index (χ2n) is 7.98. The molecule has 0 radical (unpaired) electrons. The number of anilines is 1. The molecule has 0 saturated heterocycles. The number of benzene rings is 1. The highest BCUT2D eigenvalue weighted by molar-refractivity contribution is 5.91. The average Bonchev–Trinajstić information content (AvgIpc) is 2.67. The Morgan fingerprint density at radius 1 is 1.03 bits per heavy atom. The SMILES string of the molecule is COC(=O)c1ccc(NC(=O)NC(c2ccc(CC(C)C)cc2)C(C)C)c(C)n1. The fourth-order valence-electron chi connectivity index (χ4n) is 3.18. The molecule has 2 amide bonds. The van der Waals surface area contributed by atoms with Gasteiger partial charge in [-0.05, 0) is 48.4 Å². The summed E-state index contributed by atoms with van der Waals surface area (Å²) in [5, 5.41) is 5.87. The summed E-state index contributed by atoms with van der Waals surface area (Å²) in [6, 6.07) is 11.2. The highest BCUT2D eigenvalue weighted by Gasteiger charge is 2.19. The molecule has 2 N–H and O–H groups in total. The van der Waals surface area contributed by atoms with Gasteiger partial charge in [-0.2, -0.15) is 0 Å². The Hall–Kier alpha value is -2.89. The molecule has 1 aromatic carbocycles. The topological polar surface area (TPSA) is 80.3 Å². The van der Waals surface area contributed by atoms with Gasteiger partial charge in [-0.25, -0.2) is 14.6 Å². The molecule has 2 aromatic rings. The quantitative estimate of drug-likeness (QED) is 0.652. The largest absolute Gasteiger partial charge is 0.464 e. The van der Waals surface area contributed by atoms with Gasteiger partial charge in [-0.15, -0.1) is 0 Å². The zero-order chi connectivity index (χ0) is 21.6. The number of methoxy groups -OCH3 is 1. The van der Waals surface area contributed by atoms with E-state index in [2.05, 4.69) is 72.3 Å². The predicted molar refractivity (Wildman–Crippen MR) is 115 cm³/mol. The summed E-state index contributed by atoms with van der Waals surface area (Å²) in [6.07, 6.45) is 1.04. The minimum Gasteiger partial charge on any atom is -0.464 e. The van der Waals surface area contributed by atoms with Crippen molar-refractivity contribution in [2.45, 2.75) is 47.1 Å². The number of urea groups is 1. The number of carbonyl (C=O) groups is 2. The number of hydrogen-bond acceptors (Lipinski definition) is 4. The lowest BCUT2D eigenvalue weighted by atomic mass is 9.94. The molecule has 1 heterocycles. The molecule has 2 rings (SSSR count). The van der Waals surface area contributed by atoms with Crippen LogP contribution < -0.4 is 10.6 Å². The van der Waals surface area contributed by atoms with Crippen molar-refractivity contribution < 1.29 is 14.3 Å². The van der Waals surface area contributed by atoms with Crippen LogP contribution in [0.4, 0.5) is 10.5 Å². The summed E-state index contributed by atoms with van der Waals surface area (Å²) in [4.78, 5) is 28.4. The predicted octanol–water partition coefficient (Wildman–Crippen LogP) is 4.89. The van der Waals surface area contributed by atoms with Gasteiger partial charge in [0.25, 0.3) is 0 Å². The van der Waals surface area contributed by atoms with E-state index in [1.807, 2.05) is 0 Å². The van der Waals surface area contributed by atoms with Crippen molar-refractivity contribution in [3.05, 3.63) is 58.9 Å². The van der Waals surface area contributed by atoms with Crippen LogP contribution >= 0.6 is 0 Å². The molecule has 0 aliphatic rings. The monoisotopic (exact) mass is 397 g/mol. The Balaban J connectivity index is 2.09. The maximum atomic E-state index is 12.6. The van der Waals surface area contributed by atoms with Crippen LogP contribution in [0.5, 0.6) is 0 Å². The van der Waals surface area contributed by atoms with E-state index in [4.69, 9.17) is 0 Å². The van der Waals surface area contributed by atoms with Crippen LogP contribution in [0.1, 0.15) is 61.0 Å². The number of nitrogens with zero attached hydrogens (tertiary/aromatic N) is 1. The Labute approximate surface area is 173 Å². The first-order valence-corrected chi connectivity index (χ1v) is 9.93. The van der Waals surface area contributed by atoms with Gasteiger partial charge in [-0.1, -0.05) is 52.0 Å². The smallest absolute Gasteiger partial charge is 0.356 e. The summed E-state index contributed by atoms with van der Waals surface area (Å²) in [5.74, 6) is 0.315. The van der Waals surface area contributed by atoms with Gasteiger partial charge in [0.15, 0.2) is 0 Å². The molecule has 0 aliphatic carbocycles. The number of aromatic nitrogens is 1. The number of ether oxygens (including phenoxy) is 1. The molecule has 6 nitrogen and oxygen atoms in total. The van der Waals surface area contributed by atoms with Crippen molar-refractivity contribution in [3.63, 3.8) is 0 Å². The van der Waals surface area contributed by atoms with Crippen molar-refractivity contribution >= 4 is 17.7 Å². The van der Waals surface area contributed by atoms with Gasteiger partial charge in [0.05, 0.1) is 24.5 Å². The Morgan fingerprint density at radius 2 is 1.69 bits per heavy atom. The van der Waals surface area contributed by atoms with Crippen LogP contribution in [0.3, 0.4) is 0 Å². The third-order valence-electron chi connectivity index (χ3n) is 4.66. The number of carbonyl (C=O) groups excluding carboxylic acids is 2. The number of aryl methyl sites for hydroxylation is 1. The molecule has 156 valence electrons. The molecule has 0 bridgehead atoms. The molecule has 6 heteroatoms. The van der Waals surface area contributed by atoms with Crippen molar-refractivity contribution in [2.75, 3.05) is 12.4 Å². The highest BCUT2D eigenvalue weighted by atomic mass is 16.5. The van der Waals surface area contributed by atoms with Crippen molar-refractivity contribution in [2.24, 2.45) is 11.8 Å². The molecule has 0 fully saturated rings. The summed E-state index contributed by atoms with van der Waals surface area (Å²) < 4.78 is 4.67. The minimum absolute atomic E-state index is 0.120. The molecular weight excluding hydrogens is 366 g/mol. The summed E-state index contributed by atoms with van der Waals surface area (Å²) in [6.45, 7) is 10.3. The van der Waals surface area contributed by atoms with Gasteiger partial charge in [0, 0.05) is 0 Å². The average molecular weight is 398 g/mol. The third kappa shape index (κ3) is 6.31. The number of amides is 2. The second kappa shape index (κ2) is 10.0. The van der Waals surface area contributed by atoms with Crippen molar-refractivity contribution in [1.29, 1.82) is 0 Å². The molecule has 1 atom stereocenters. The Kier molecular flexibility index (Phi) is 7.76. The standard InChI is InChI=1S/C23H31N3O3/c1-14(2)13-17-7-9-18(10-8-17)21(15(3)4)26-23(28)25-19-11-12-20(22(27)29-6)24-16(19)5/h7-12,14-15,21H,13H2,1-6H3,(H2,25,26,28). The second-order valence-corrected chi connectivity index (χ2v) is 7.98. The normalized spacial score (nSPS) is 12.0. The van der Waals surface area contributed by atoms with E-state index >= 15 is 0 Å². The lowest BCUT2D eigenvalue weighted by molar-refractivity contribution is 0.0594. The van der Waals surface area contributed by atoms with Gasteiger partial charge in [0.1, 0.15) is 5.69 Å². The molecule has 29 heavy (non-hydrogen) atoms. The molecule has 0 spiro atoms. The maximum Gasteiger partial charge on any atom is 0.356 e. The lowest BCUT2D eigenvalue weighted by Crippen LogP contribution is -2.35. The summed E-state index contributed by atoms with van der Waals surface area (Å²) in [5.41, 5.74) is 3.66. The highest BCUT2D eigenvalue weighted by Crippen LogP contribution is 2.23. The number of rotatable bonds is 7. The van der Waals surface area contributed by atoms with Crippen LogP contribution in [-0.4, -0.2) is 24.1 Å². The van der Waals surface area contributed by atoms with E-state index in [1.54, 1.807) is 13.0 Å². The molecule has 1 unspecified atom stereocenters. The minimum atomic E-state index is -0.509. The third-order valence-corrected chi connectivity index (χ3v) is 4.66. The summed E-state index contributed by atoms with van der Waals surface area (Å²) in [7, 11) is 1.31. The van der Waals surface area contributed by atoms with E-state index in [1.165, 1.54) is 18.7 Å². The van der Waals surface area contributed by atoms with E-state index < -0.39 is 5.97 Å². The first-order valence-electron chi connectivity index (χ1n) is 9.93. The zero-order valence-corrected chi connectivity index (χ0v) is 18.1. The summed E-state index contributed by atoms with van der Waals surface area (Å²) >= 11 is 0. The van der Waals surface area contributed by atoms with Crippen molar-refractivity contribution in [1.82, 2.24) is 10.3 Å². The fraction of sp³-hybridized carbons (Fsp3) is 0.435. The number of pyridine rings is 1. The van der Waals surface area contributed by atoms with Crippen LogP contribution in [0, 0.1) is 18.8 Å². The molecule has 1 aromatic heterocycles. The zero-order valence-electron chi connectivity index (χ0n) is 18.1. The number of hydrogen-bond donors (Lipinski definition) is 2. The van der Waals surface area contributed by atoms with Gasteiger partial charge in [-0.3, -0.25) is 0 Å². The van der Waals surface area contributed by atoms with Crippen LogP contribution in [0.2, 0.25) is 0 Å². The van der Waals surface area contributed by atoms with E-state index in [0.717, 1.165) is 12.0 Å². The lowest BCUT2D eigenvalue weighted by Gasteiger charge is -2.24.